The molecule has 226 valence electrons. The number of carbonyl (C=O) groups is 1. The first kappa shape index (κ1) is 29.8. The van der Waals surface area contributed by atoms with Crippen molar-refractivity contribution < 1.29 is 44.6 Å². The summed E-state index contributed by atoms with van der Waals surface area (Å²) in [5, 5.41) is 6.29. The van der Waals surface area contributed by atoms with Gasteiger partial charge >= 0.3 is 225 Å². The van der Waals surface area contributed by atoms with Gasteiger partial charge in [0.2, 0.25) is 0 Å². The molecule has 1 N–H and O–H groups in total. The third-order valence-electron chi connectivity index (χ3n) is 7.24. The summed E-state index contributed by atoms with van der Waals surface area (Å²) >= 11 is 0. The Morgan fingerprint density at radius 3 is 2.47 bits per heavy atom. The standard InChI is InChI=1S/C27H22F6N4O4PS/c1-25(12-26(29,30)13-25)35-24-40-22(42-24)16-9-18-19(10-17(16)28)43(2,39)8-7-20(38)37(18)11-14-3-5-15(6-4-14)21-34-23(41-36-21)27(31,32)33/h3-6,9-10,35H,2,7-8,11-13H2,1H3/q+1. The predicted octanol–water partition coefficient (Wildman–Crippen LogP) is 5.23. The quantitative estimate of drug-likeness (QED) is 0.223. The number of amides is 1. The Kier molecular flexibility index (Phi) is 7.03. The summed E-state index contributed by atoms with van der Waals surface area (Å²) in [5.41, 5.74) is 0.627. The maximum absolute atomic E-state index is 15.3. The summed E-state index contributed by atoms with van der Waals surface area (Å²) in [6, 6.07) is 8.48. The van der Waals surface area contributed by atoms with Gasteiger partial charge < -0.3 is 4.52 Å². The molecule has 3 heterocycles. The average Bonchev–Trinajstić information content (AvgIpc) is 3.36. The zero-order valence-corrected chi connectivity index (χ0v) is 24.0. The van der Waals surface area contributed by atoms with Gasteiger partial charge in [0.1, 0.15) is 0 Å². The maximum atomic E-state index is 15.3. The summed E-state index contributed by atoms with van der Waals surface area (Å²) in [7, 11) is -2.62. The molecule has 43 heavy (non-hydrogen) atoms. The number of aromatic nitrogens is 2. The number of hydrogen-bond donors (Lipinski definition) is 1. The fraction of sp³-hybridized carbons (Fsp3) is 0.333. The van der Waals surface area contributed by atoms with Crippen LogP contribution in [0.1, 0.15) is 43.2 Å². The van der Waals surface area contributed by atoms with Crippen molar-refractivity contribution in [2.75, 3.05) is 10.7 Å². The van der Waals surface area contributed by atoms with Gasteiger partial charge in [0, 0.05) is 0 Å². The van der Waals surface area contributed by atoms with Crippen LogP contribution in [0.25, 0.3) is 11.4 Å². The summed E-state index contributed by atoms with van der Waals surface area (Å²) < 4.78 is 104. The zero-order valence-electron chi connectivity index (χ0n) is 22.3. The number of halogens is 6. The van der Waals surface area contributed by atoms with Crippen LogP contribution in [0.15, 0.2) is 45.8 Å². The molecule has 1 aliphatic carbocycles. The van der Waals surface area contributed by atoms with Gasteiger partial charge in [-0.25, -0.2) is 0 Å². The number of alkyl halides is 5. The van der Waals surface area contributed by atoms with Crippen molar-refractivity contribution in [3.05, 3.63) is 59.2 Å². The van der Waals surface area contributed by atoms with Gasteiger partial charge in [-0.3, -0.25) is 0 Å². The molecule has 8 nitrogen and oxygen atoms in total. The Bertz CT molecular complexity index is 1820. The number of anilines is 1. The van der Waals surface area contributed by atoms with Crippen molar-refractivity contribution in [1.82, 2.24) is 15.5 Å². The first-order valence-electron chi connectivity index (χ1n) is 12.8. The zero-order chi connectivity index (χ0) is 30.9. The first-order valence-corrected chi connectivity index (χ1v) is 15.6. The van der Waals surface area contributed by atoms with Crippen molar-refractivity contribution in [2.45, 2.75) is 55.3 Å². The number of carbonyl (C=O) groups excluding carboxylic acids is 1. The van der Waals surface area contributed by atoms with E-state index in [1.165, 1.54) is 23.1 Å². The van der Waals surface area contributed by atoms with Gasteiger partial charge in [-0.1, -0.05) is 0 Å². The fourth-order valence-corrected chi connectivity index (χ4v) is 7.75. The van der Waals surface area contributed by atoms with E-state index < -0.39 is 44.8 Å². The molecule has 1 unspecified atom stereocenters. The molecule has 1 fully saturated rings. The van der Waals surface area contributed by atoms with E-state index in [0.717, 1.165) is 6.07 Å². The summed E-state index contributed by atoms with van der Waals surface area (Å²) in [6.45, 7) is 1.60. The van der Waals surface area contributed by atoms with Crippen molar-refractivity contribution in [1.29, 1.82) is 0 Å². The number of rotatable bonds is 6. The molecular weight excluding hydrogens is 621 g/mol. The SMILES string of the molecule is C=S1(=O)CCC(=O)N(Cc2ccc(-c3noc(C(F)(F)F)n3)cc2)c2cc(C3=[P+]=C(NC4(C)CC(F)(F)C4)O3)c(F)cc21. The Hall–Kier alpha value is -3.26. The molecule has 1 aromatic heterocycles. The third-order valence-corrected chi connectivity index (χ3v) is 10.2. The third kappa shape index (κ3) is 5.83. The Balaban J connectivity index is 1.30. The van der Waals surface area contributed by atoms with Gasteiger partial charge in [0.15, 0.2) is 0 Å². The molecule has 0 bridgehead atoms. The van der Waals surface area contributed by atoms with Gasteiger partial charge in [-0.2, -0.15) is 13.2 Å². The van der Waals surface area contributed by atoms with Gasteiger partial charge in [-0.05, 0) is 0 Å². The van der Waals surface area contributed by atoms with Crippen LogP contribution in [0.5, 0.6) is 0 Å². The molecule has 2 aliphatic heterocycles. The van der Waals surface area contributed by atoms with E-state index in [1.54, 1.807) is 19.1 Å². The Labute approximate surface area is 242 Å². The molecule has 0 radical (unpaired) electrons. The molecule has 0 saturated heterocycles. The van der Waals surface area contributed by atoms with Gasteiger partial charge in [0.25, 0.3) is 0 Å². The van der Waals surface area contributed by atoms with Crippen molar-refractivity contribution in [3.8, 4) is 11.4 Å². The molecule has 1 saturated carbocycles. The number of nitrogens with zero attached hydrogens (tertiary/aromatic N) is 3. The molecule has 0 spiro atoms. The van der Waals surface area contributed by atoms with Crippen LogP contribution in [0.3, 0.4) is 0 Å². The number of fused-ring (bicyclic) bond motifs is 1. The molecule has 1 atom stereocenters. The van der Waals surface area contributed by atoms with Crippen LogP contribution in [-0.4, -0.2) is 54.4 Å². The molecule has 2 aromatic carbocycles. The van der Waals surface area contributed by atoms with E-state index in [9.17, 15) is 31.0 Å². The van der Waals surface area contributed by atoms with E-state index in [4.69, 9.17) is 4.74 Å². The second-order valence-corrected chi connectivity index (χ2v) is 14.4. The summed E-state index contributed by atoms with van der Waals surface area (Å²) in [4.78, 5) is 18.0. The topological polar surface area (TPSA) is 97.6 Å². The van der Waals surface area contributed by atoms with Crippen LogP contribution in [-0.2, 0) is 31.8 Å². The second kappa shape index (κ2) is 10.1. The fourth-order valence-electron chi connectivity index (χ4n) is 5.21. The normalized spacial score (nSPS) is 22.8. The van der Waals surface area contributed by atoms with Crippen LogP contribution in [0.4, 0.5) is 32.0 Å². The number of nitrogens with one attached hydrogen (secondary N) is 1. The number of hydrogen-bond acceptors (Lipinski definition) is 7. The average molecular weight is 644 g/mol. The summed E-state index contributed by atoms with van der Waals surface area (Å²) in [5.74, 6) is -1.96. The van der Waals surface area contributed by atoms with Crippen LogP contribution >= 0.6 is 7.83 Å². The van der Waals surface area contributed by atoms with Crippen LogP contribution < -0.4 is 10.2 Å². The van der Waals surface area contributed by atoms with Gasteiger partial charge in [0.05, 0.1) is 0 Å². The Morgan fingerprint density at radius 1 is 1.19 bits per heavy atom. The number of ether oxygens (including phenoxy) is 1. The first-order chi connectivity index (χ1) is 20.0. The molecule has 6 rings (SSSR count). The molecule has 3 aromatic rings. The van der Waals surface area contributed by atoms with Crippen molar-refractivity contribution in [2.24, 2.45) is 0 Å². The minimum absolute atomic E-state index is 0.0119. The van der Waals surface area contributed by atoms with E-state index in [2.05, 4.69) is 25.9 Å². The Morgan fingerprint density at radius 2 is 1.86 bits per heavy atom. The van der Waals surface area contributed by atoms with E-state index in [-0.39, 0.29) is 64.6 Å². The van der Waals surface area contributed by atoms with Crippen LogP contribution in [0, 0.1) is 5.82 Å². The van der Waals surface area contributed by atoms with E-state index in [0.29, 0.717) is 19.0 Å². The molecule has 1 amide bonds. The molecule has 3 aliphatic rings. The van der Waals surface area contributed by atoms with E-state index in [1.807, 2.05) is 0 Å². The van der Waals surface area contributed by atoms with E-state index >= 15 is 4.39 Å². The predicted molar refractivity (Wildman–Crippen MR) is 148 cm³/mol. The monoisotopic (exact) mass is 643 g/mol. The minimum atomic E-state index is -4.79. The van der Waals surface area contributed by atoms with Crippen molar-refractivity contribution >= 4 is 45.9 Å². The second-order valence-electron chi connectivity index (χ2n) is 10.9. The van der Waals surface area contributed by atoms with Gasteiger partial charge in [-0.15, -0.1) is 0 Å². The van der Waals surface area contributed by atoms with Crippen molar-refractivity contribution in [3.63, 3.8) is 0 Å². The van der Waals surface area contributed by atoms with Crippen LogP contribution in [0.2, 0.25) is 0 Å². The summed E-state index contributed by atoms with van der Waals surface area (Å²) in [6.07, 6.45) is -5.62. The number of benzene rings is 2. The molecule has 16 heteroatoms. The molecular formula is C27H22F6N4O4PS+.